The normalized spacial score (nSPS) is 11.7. The van der Waals surface area contributed by atoms with E-state index in [2.05, 4.69) is 23.0 Å². The Bertz CT molecular complexity index is 1120. The number of amides is 1. The first-order chi connectivity index (χ1) is 13.7. The summed E-state index contributed by atoms with van der Waals surface area (Å²) in [5.41, 5.74) is 8.34. The van der Waals surface area contributed by atoms with Gasteiger partial charge in [0.25, 0.3) is 0 Å². The maximum Gasteiger partial charge on any atom is 0.420 e. The molecule has 0 fully saturated rings. The van der Waals surface area contributed by atoms with E-state index in [0.717, 1.165) is 39.3 Å². The van der Waals surface area contributed by atoms with E-state index in [1.807, 2.05) is 42.0 Å². The van der Waals surface area contributed by atoms with Crippen molar-refractivity contribution in [3.8, 4) is 11.1 Å². The van der Waals surface area contributed by atoms with Gasteiger partial charge in [0.05, 0.1) is 6.33 Å². The van der Waals surface area contributed by atoms with Crippen LogP contribution in [0.5, 0.6) is 0 Å². The number of imidazole rings is 1. The summed E-state index contributed by atoms with van der Waals surface area (Å²) in [4.78, 5) is 16.0. The number of hydrogen-bond donors (Lipinski definition) is 1. The first-order valence-corrected chi connectivity index (χ1v) is 11.3. The molecule has 3 aromatic rings. The molecule has 0 radical (unpaired) electrons. The molecule has 0 aliphatic carbocycles. The number of benzene rings is 1. The van der Waals surface area contributed by atoms with Crippen molar-refractivity contribution in [2.45, 2.75) is 37.9 Å². The Morgan fingerprint density at radius 1 is 1.31 bits per heavy atom. The van der Waals surface area contributed by atoms with Crippen LogP contribution in [-0.2, 0) is 27.3 Å². The number of carbonyl (C=O) groups is 1. The highest BCUT2D eigenvalue weighted by atomic mass is 32.3. The summed E-state index contributed by atoms with van der Waals surface area (Å²) in [6, 6.07) is 7.64. The highest BCUT2D eigenvalue weighted by Gasteiger charge is 2.27. The lowest BCUT2D eigenvalue weighted by molar-refractivity contribution is 0.213. The third-order valence-corrected chi connectivity index (χ3v) is 7.22. The van der Waals surface area contributed by atoms with Crippen LogP contribution in [0.25, 0.3) is 11.1 Å². The number of nitrogens with two attached hydrogens (primary N) is 1. The van der Waals surface area contributed by atoms with E-state index >= 15 is 0 Å². The predicted octanol–water partition coefficient (Wildman–Crippen LogP) is 3.95. The lowest BCUT2D eigenvalue weighted by Crippen LogP contribution is -2.18. The minimum absolute atomic E-state index is 0.00582. The van der Waals surface area contributed by atoms with Gasteiger partial charge in [-0.25, -0.2) is 9.78 Å². The molecule has 0 aliphatic rings. The Balaban J connectivity index is 2.03. The zero-order valence-electron chi connectivity index (χ0n) is 16.5. The summed E-state index contributed by atoms with van der Waals surface area (Å²) in [7, 11) is -4.29. The van der Waals surface area contributed by atoms with Crippen LogP contribution >= 0.6 is 11.3 Å². The number of carbonyl (C=O) groups excluding carboxylic acids is 1. The Hall–Kier alpha value is -2.65. The molecule has 0 aliphatic heterocycles. The van der Waals surface area contributed by atoms with Crippen LogP contribution in [0.4, 0.5) is 4.79 Å². The Morgan fingerprint density at radius 3 is 2.66 bits per heavy atom. The van der Waals surface area contributed by atoms with E-state index in [9.17, 15) is 13.2 Å². The van der Waals surface area contributed by atoms with Gasteiger partial charge in [0.15, 0.2) is 4.21 Å². The Labute approximate surface area is 174 Å². The fourth-order valence-electron chi connectivity index (χ4n) is 3.08. The maximum absolute atomic E-state index is 12.6. The lowest BCUT2D eigenvalue weighted by Gasteiger charge is -2.10. The van der Waals surface area contributed by atoms with Crippen LogP contribution in [0.3, 0.4) is 0 Å². The summed E-state index contributed by atoms with van der Waals surface area (Å²) in [6.45, 7) is 6.76. The monoisotopic (exact) mass is 433 g/mol. The fourth-order valence-corrected chi connectivity index (χ4v) is 5.76. The molecule has 0 saturated heterocycles. The van der Waals surface area contributed by atoms with Gasteiger partial charge in [-0.15, -0.1) is 11.3 Å². The Morgan fingerprint density at radius 2 is 2.07 bits per heavy atom. The van der Waals surface area contributed by atoms with Gasteiger partial charge in [-0.2, -0.15) is 8.42 Å². The van der Waals surface area contributed by atoms with Gasteiger partial charge >= 0.3 is 16.2 Å². The Kier molecular flexibility index (Phi) is 6.09. The van der Waals surface area contributed by atoms with Gasteiger partial charge in [-0.3, -0.25) is 0 Å². The summed E-state index contributed by atoms with van der Waals surface area (Å²) in [5, 5.41) is 0. The van der Waals surface area contributed by atoms with E-state index in [1.165, 1.54) is 0 Å². The molecular weight excluding hydrogens is 410 g/mol. The molecule has 0 saturated carbocycles. The van der Waals surface area contributed by atoms with Gasteiger partial charge in [0, 0.05) is 29.4 Å². The minimum atomic E-state index is -4.29. The van der Waals surface area contributed by atoms with Gasteiger partial charge in [-0.1, -0.05) is 32.0 Å². The van der Waals surface area contributed by atoms with Crippen molar-refractivity contribution in [1.82, 2.24) is 9.55 Å². The predicted molar refractivity (Wildman–Crippen MR) is 112 cm³/mol. The van der Waals surface area contributed by atoms with Crippen LogP contribution in [0.2, 0.25) is 0 Å². The summed E-state index contributed by atoms with van der Waals surface area (Å²) < 4.78 is 31.5. The van der Waals surface area contributed by atoms with Crippen molar-refractivity contribution in [1.29, 1.82) is 0 Å². The van der Waals surface area contributed by atoms with Crippen molar-refractivity contribution in [3.63, 3.8) is 0 Å². The van der Waals surface area contributed by atoms with Crippen molar-refractivity contribution in [3.05, 3.63) is 59.0 Å². The number of thiophene rings is 1. The number of aryl methyl sites for hydroxylation is 1. The molecule has 0 bridgehead atoms. The molecule has 9 heteroatoms. The maximum atomic E-state index is 12.6. The highest BCUT2D eigenvalue weighted by molar-refractivity contribution is 7.89. The van der Waals surface area contributed by atoms with Crippen molar-refractivity contribution in [2.75, 3.05) is 0 Å². The largest absolute Gasteiger partial charge is 0.420 e. The van der Waals surface area contributed by atoms with Crippen LogP contribution in [0.15, 0.2) is 47.2 Å². The lowest BCUT2D eigenvalue weighted by atomic mass is 10.0. The van der Waals surface area contributed by atoms with E-state index in [-0.39, 0.29) is 4.21 Å². The van der Waals surface area contributed by atoms with Crippen molar-refractivity contribution in [2.24, 2.45) is 11.7 Å². The van der Waals surface area contributed by atoms with E-state index < -0.39 is 16.2 Å². The standard InChI is InChI=1S/C20H23N3O4S2/c1-13(2)8-17-10-18(19(28-17)29(25,26)27-20(21)24)15-4-5-16(14(3)9-15)11-23-7-6-22-12-23/h4-7,9-10,12-13H,8,11H2,1-3H3,(H2,21,24). The SMILES string of the molecule is Cc1cc(-c2cc(CC(C)C)sc2S(=O)(=O)OC(N)=O)ccc1Cn1ccnc1. The molecule has 2 aromatic heterocycles. The van der Waals surface area contributed by atoms with Crippen LogP contribution in [0, 0.1) is 12.8 Å². The molecular formula is C20H23N3O4S2. The van der Waals surface area contributed by atoms with Crippen LogP contribution < -0.4 is 5.73 Å². The smallest absolute Gasteiger partial charge is 0.334 e. The highest BCUT2D eigenvalue weighted by Crippen LogP contribution is 2.38. The second-order valence-corrected chi connectivity index (χ2v) is 10.1. The minimum Gasteiger partial charge on any atom is -0.334 e. The van der Waals surface area contributed by atoms with E-state index in [4.69, 9.17) is 5.73 Å². The summed E-state index contributed by atoms with van der Waals surface area (Å²) >= 11 is 1.11. The van der Waals surface area contributed by atoms with E-state index in [0.29, 0.717) is 18.0 Å². The summed E-state index contributed by atoms with van der Waals surface area (Å²) in [5.74, 6) is 0.355. The number of nitrogens with zero attached hydrogens (tertiary/aromatic N) is 2. The number of rotatable bonds is 7. The first kappa shape index (κ1) is 21.1. The average Bonchev–Trinajstić information content (AvgIpc) is 3.25. The molecule has 1 aromatic carbocycles. The van der Waals surface area contributed by atoms with Crippen molar-refractivity contribution >= 4 is 27.5 Å². The first-order valence-electron chi connectivity index (χ1n) is 9.08. The molecule has 0 atom stereocenters. The molecule has 1 amide bonds. The third-order valence-electron chi connectivity index (χ3n) is 4.34. The molecule has 2 heterocycles. The zero-order valence-corrected chi connectivity index (χ0v) is 18.1. The molecule has 0 spiro atoms. The topological polar surface area (TPSA) is 104 Å². The molecule has 7 nitrogen and oxygen atoms in total. The molecule has 29 heavy (non-hydrogen) atoms. The quantitative estimate of drug-likeness (QED) is 0.568. The van der Waals surface area contributed by atoms with Gasteiger partial charge < -0.3 is 14.5 Å². The van der Waals surface area contributed by atoms with Crippen molar-refractivity contribution < 1.29 is 17.4 Å². The molecule has 3 rings (SSSR count). The van der Waals surface area contributed by atoms with Gasteiger partial charge in [0.1, 0.15) is 0 Å². The van der Waals surface area contributed by atoms with Gasteiger partial charge in [-0.05, 0) is 42.0 Å². The number of primary amides is 1. The number of hydrogen-bond acceptors (Lipinski definition) is 6. The average molecular weight is 434 g/mol. The molecule has 154 valence electrons. The molecule has 2 N–H and O–H groups in total. The summed E-state index contributed by atoms with van der Waals surface area (Å²) in [6.07, 6.45) is 4.73. The fraction of sp³-hybridized carbons (Fsp3) is 0.300. The second-order valence-electron chi connectivity index (χ2n) is 7.24. The third kappa shape index (κ3) is 5.04. The zero-order chi connectivity index (χ0) is 21.2. The second kappa shape index (κ2) is 8.38. The number of aromatic nitrogens is 2. The van der Waals surface area contributed by atoms with E-state index in [1.54, 1.807) is 12.5 Å². The van der Waals surface area contributed by atoms with Gasteiger partial charge in [0.2, 0.25) is 0 Å². The van der Waals surface area contributed by atoms with Crippen LogP contribution in [-0.4, -0.2) is 24.1 Å². The molecule has 0 unspecified atom stereocenters. The van der Waals surface area contributed by atoms with Crippen LogP contribution in [0.1, 0.15) is 29.9 Å².